The summed E-state index contributed by atoms with van der Waals surface area (Å²) in [6.45, 7) is 2.01. The minimum atomic E-state index is -5.08. The lowest BCUT2D eigenvalue weighted by Crippen LogP contribution is -2.43. The van der Waals surface area contributed by atoms with Crippen molar-refractivity contribution in [1.29, 1.82) is 0 Å². The van der Waals surface area contributed by atoms with Crippen molar-refractivity contribution in [3.05, 3.63) is 47.8 Å². The summed E-state index contributed by atoms with van der Waals surface area (Å²) in [7, 11) is 0.278. The number of rotatable bonds is 8. The maximum absolute atomic E-state index is 13.5. The number of aryl methyl sites for hydroxylation is 2. The van der Waals surface area contributed by atoms with E-state index in [1.165, 1.54) is 12.8 Å². The highest BCUT2D eigenvalue weighted by Crippen LogP contribution is 2.32. The van der Waals surface area contributed by atoms with Gasteiger partial charge >= 0.3 is 12.1 Å². The van der Waals surface area contributed by atoms with E-state index in [-0.39, 0.29) is 12.5 Å². The molecule has 0 spiro atoms. The van der Waals surface area contributed by atoms with Gasteiger partial charge in [-0.05, 0) is 55.5 Å². The molecule has 2 fully saturated rings. The highest BCUT2D eigenvalue weighted by Gasteiger charge is 2.38. The number of carbonyl (C=O) groups excluding carboxylic acids is 1. The third kappa shape index (κ3) is 8.13. The third-order valence-electron chi connectivity index (χ3n) is 7.72. The molecule has 0 unspecified atom stereocenters. The van der Waals surface area contributed by atoms with Gasteiger partial charge in [0.05, 0.1) is 17.3 Å². The van der Waals surface area contributed by atoms with Crippen LogP contribution in [0.1, 0.15) is 41.6 Å². The Morgan fingerprint density at radius 1 is 0.978 bits per heavy atom. The van der Waals surface area contributed by atoms with Crippen LogP contribution in [-0.4, -0.2) is 82.6 Å². The van der Waals surface area contributed by atoms with Gasteiger partial charge in [-0.2, -0.15) is 23.4 Å². The molecule has 2 aromatic heterocycles. The molecule has 2 aromatic carbocycles. The van der Waals surface area contributed by atoms with Crippen LogP contribution in [0, 0.1) is 0 Å². The van der Waals surface area contributed by atoms with Crippen molar-refractivity contribution < 1.29 is 36.3 Å². The molecule has 17 heteroatoms. The van der Waals surface area contributed by atoms with Gasteiger partial charge in [0.2, 0.25) is 10.0 Å². The van der Waals surface area contributed by atoms with Crippen LogP contribution in [-0.2, 0) is 35.5 Å². The van der Waals surface area contributed by atoms with E-state index in [1.807, 2.05) is 37.6 Å². The summed E-state index contributed by atoms with van der Waals surface area (Å²) in [4.78, 5) is 24.8. The Morgan fingerprint density at radius 2 is 1.59 bits per heavy atom. The third-order valence-corrected chi connectivity index (χ3v) is 8.39. The fourth-order valence-electron chi connectivity index (χ4n) is 5.48. The van der Waals surface area contributed by atoms with Crippen LogP contribution in [0.25, 0.3) is 21.8 Å². The van der Waals surface area contributed by atoms with Gasteiger partial charge in [-0.1, -0.05) is 0 Å². The van der Waals surface area contributed by atoms with Crippen LogP contribution >= 0.6 is 0 Å². The quantitative estimate of drug-likeness (QED) is 0.222. The summed E-state index contributed by atoms with van der Waals surface area (Å²) >= 11 is 0. The summed E-state index contributed by atoms with van der Waals surface area (Å²) < 4.78 is 61.1. The zero-order chi connectivity index (χ0) is 33.4. The van der Waals surface area contributed by atoms with Crippen LogP contribution in [0.15, 0.2) is 36.7 Å². The van der Waals surface area contributed by atoms with Crippen LogP contribution < -0.4 is 20.3 Å². The number of nitrogens with one attached hydrogen (secondary N) is 3. The molecule has 1 aliphatic heterocycles. The van der Waals surface area contributed by atoms with E-state index in [0.29, 0.717) is 33.9 Å². The van der Waals surface area contributed by atoms with E-state index in [2.05, 4.69) is 30.5 Å². The summed E-state index contributed by atoms with van der Waals surface area (Å²) in [6, 6.07) is 8.78. The van der Waals surface area contributed by atoms with Crippen LogP contribution in [0.5, 0.6) is 0 Å². The van der Waals surface area contributed by atoms with Gasteiger partial charge < -0.3 is 20.6 Å². The number of hydrogen-bond acceptors (Lipinski definition) is 8. The maximum Gasteiger partial charge on any atom is 0.490 e. The number of amides is 1. The molecule has 1 aliphatic carbocycles. The monoisotopic (exact) mass is 664 g/mol. The first-order chi connectivity index (χ1) is 21.6. The lowest BCUT2D eigenvalue weighted by molar-refractivity contribution is -0.192. The van der Waals surface area contributed by atoms with Gasteiger partial charge in [-0.15, -0.1) is 0 Å². The van der Waals surface area contributed by atoms with Crippen molar-refractivity contribution in [3.63, 3.8) is 0 Å². The Kier molecular flexibility index (Phi) is 9.28. The van der Waals surface area contributed by atoms with E-state index >= 15 is 0 Å². The largest absolute Gasteiger partial charge is 0.490 e. The lowest BCUT2D eigenvalue weighted by atomic mass is 10.0. The molecule has 13 nitrogen and oxygen atoms in total. The van der Waals surface area contributed by atoms with Crippen molar-refractivity contribution in [2.75, 3.05) is 29.6 Å². The predicted molar refractivity (Wildman–Crippen MR) is 166 cm³/mol. The minimum absolute atomic E-state index is 0.0715. The molecule has 4 aromatic rings. The highest BCUT2D eigenvalue weighted by molar-refractivity contribution is 7.88. The zero-order valence-corrected chi connectivity index (χ0v) is 26.2. The van der Waals surface area contributed by atoms with Crippen LogP contribution in [0.2, 0.25) is 0 Å². The topological polar surface area (TPSA) is 163 Å². The second-order valence-electron chi connectivity index (χ2n) is 11.6. The first-order valence-electron chi connectivity index (χ1n) is 14.6. The fourth-order valence-corrected chi connectivity index (χ4v) is 5.89. The van der Waals surface area contributed by atoms with Crippen molar-refractivity contribution in [1.82, 2.24) is 29.6 Å². The number of nitrogens with zero attached hydrogens (tertiary/aromatic N) is 5. The number of aliphatic carboxylic acids is 1. The zero-order valence-electron chi connectivity index (χ0n) is 25.4. The number of anilines is 2. The van der Waals surface area contributed by atoms with Gasteiger partial charge in [0.25, 0.3) is 5.91 Å². The van der Waals surface area contributed by atoms with Gasteiger partial charge in [-0.25, -0.2) is 17.9 Å². The number of piperidine rings is 1. The van der Waals surface area contributed by atoms with Gasteiger partial charge in [0.15, 0.2) is 0 Å². The second kappa shape index (κ2) is 12.9. The van der Waals surface area contributed by atoms with Gasteiger partial charge in [0, 0.05) is 80.4 Å². The van der Waals surface area contributed by atoms with Crippen LogP contribution in [0.3, 0.4) is 0 Å². The number of benzene rings is 2. The molecular formula is C29H35F3N8O5S. The molecule has 1 saturated carbocycles. The normalized spacial score (nSPS) is 16.0. The number of carboxylic acids is 1. The van der Waals surface area contributed by atoms with Crippen LogP contribution in [0.4, 0.5) is 24.5 Å². The molecule has 0 radical (unpaired) electrons. The molecule has 2 aliphatic rings. The number of aromatic nitrogens is 4. The Morgan fingerprint density at radius 3 is 2.20 bits per heavy atom. The Bertz CT molecular complexity index is 1880. The summed E-state index contributed by atoms with van der Waals surface area (Å²) in [5.74, 6) is -3.03. The minimum Gasteiger partial charge on any atom is -0.475 e. The molecule has 46 heavy (non-hydrogen) atoms. The highest BCUT2D eigenvalue weighted by atomic mass is 32.2. The van der Waals surface area contributed by atoms with Crippen molar-refractivity contribution in [2.24, 2.45) is 14.1 Å². The van der Waals surface area contributed by atoms with E-state index in [9.17, 15) is 26.4 Å². The number of carboxylic acid groups (broad SMARTS) is 1. The van der Waals surface area contributed by atoms with E-state index in [1.54, 1.807) is 22.5 Å². The number of fused-ring (bicyclic) bond motifs is 2. The maximum atomic E-state index is 13.5. The number of sulfonamides is 1. The molecule has 1 amide bonds. The standard InChI is InChI=1S/C27H34N8O3S.C2HF3O2/c1-33-15-18-13-21(12-17(25(18)31-33)14-28-39(3,37)38)30-27(36)22-6-7-24(23-16-34(2)32-26(22)23)35-10-8-20(9-11-35)29-19-4-5-19;3-2(4,5)1(6)7/h6-7,12-13,15-16,19-20,28-29H,4-5,8-11,14H2,1-3H3,(H,30,36);(H,6,7). The number of alkyl halides is 3. The summed E-state index contributed by atoms with van der Waals surface area (Å²) in [5.41, 5.74) is 4.16. The van der Waals surface area contributed by atoms with Gasteiger partial charge in [-0.3, -0.25) is 14.2 Å². The Balaban J connectivity index is 0.000000537. The average molecular weight is 665 g/mol. The molecule has 3 heterocycles. The molecule has 4 N–H and O–H groups in total. The Labute approximate surface area is 262 Å². The molecule has 6 rings (SSSR count). The molecule has 1 saturated heterocycles. The molecule has 0 atom stereocenters. The second-order valence-corrected chi connectivity index (χ2v) is 13.5. The number of halogens is 3. The fraction of sp³-hybridized carbons (Fsp3) is 0.448. The van der Waals surface area contributed by atoms with Gasteiger partial charge in [0.1, 0.15) is 5.52 Å². The van der Waals surface area contributed by atoms with Crippen molar-refractivity contribution in [2.45, 2.75) is 50.5 Å². The Hall–Kier alpha value is -4.22. The smallest absolute Gasteiger partial charge is 0.475 e. The molecule has 0 bridgehead atoms. The molecular weight excluding hydrogens is 629 g/mol. The summed E-state index contributed by atoms with van der Waals surface area (Å²) in [5, 5.41) is 24.7. The van der Waals surface area contributed by atoms with E-state index in [0.717, 1.165) is 54.7 Å². The first kappa shape index (κ1) is 33.2. The predicted octanol–water partition coefficient (Wildman–Crippen LogP) is 3.12. The molecule has 248 valence electrons. The van der Waals surface area contributed by atoms with Crippen molar-refractivity contribution >= 4 is 55.1 Å². The summed E-state index contributed by atoms with van der Waals surface area (Å²) in [6.07, 6.45) is 4.66. The number of hydrogen-bond donors (Lipinski definition) is 4. The van der Waals surface area contributed by atoms with Crippen molar-refractivity contribution in [3.8, 4) is 0 Å². The number of carbonyl (C=O) groups is 2. The van der Waals surface area contributed by atoms with E-state index < -0.39 is 22.2 Å². The first-order valence-corrected chi connectivity index (χ1v) is 16.5. The van der Waals surface area contributed by atoms with E-state index in [4.69, 9.17) is 9.90 Å². The lowest BCUT2D eigenvalue weighted by Gasteiger charge is -2.34. The average Bonchev–Trinajstić information content (AvgIpc) is 3.56. The SMILES string of the molecule is Cn1cc2cc(NC(=O)c3ccc(N4CCC(NC5CC5)CC4)c4cn(C)nc34)cc(CNS(C)(=O)=O)c2n1.O=C(O)C(F)(F)F.